The number of hydroxylamine groups is 1. The number of imide groups is 1. The summed E-state index contributed by atoms with van der Waals surface area (Å²) < 4.78 is 24.4. The molecule has 0 saturated carbocycles. The maximum Gasteiger partial charge on any atom is 0.343 e. The molecular weight excluding hydrogens is 586 g/mol. The lowest BCUT2D eigenvalue weighted by atomic mass is 9.90. The highest BCUT2D eigenvalue weighted by molar-refractivity contribution is 6.42. The highest BCUT2D eigenvalue weighted by Gasteiger charge is 2.60. The van der Waals surface area contributed by atoms with Crippen molar-refractivity contribution in [1.29, 1.82) is 0 Å². The largest absolute Gasteiger partial charge is 0.493 e. The average Bonchev–Trinajstić information content (AvgIpc) is 3.51. The van der Waals surface area contributed by atoms with Gasteiger partial charge >= 0.3 is 5.97 Å². The van der Waals surface area contributed by atoms with Crippen LogP contribution in [0.5, 0.6) is 11.5 Å². The van der Waals surface area contributed by atoms with Gasteiger partial charge in [0.2, 0.25) is 5.91 Å². The lowest BCUT2D eigenvalue weighted by Crippen LogP contribution is -2.37. The number of anilines is 2. The highest BCUT2D eigenvalue weighted by Crippen LogP contribution is 2.49. The number of hydrogen-bond donors (Lipinski definition) is 0. The molecule has 2 saturated heterocycles. The Morgan fingerprint density at radius 1 is 0.833 bits per heavy atom. The van der Waals surface area contributed by atoms with E-state index in [9.17, 15) is 18.8 Å². The molecule has 2 aliphatic rings. The smallest absolute Gasteiger partial charge is 0.343 e. The Kier molecular flexibility index (Phi) is 7.32. The van der Waals surface area contributed by atoms with Gasteiger partial charge < -0.3 is 9.47 Å². The van der Waals surface area contributed by atoms with Crippen molar-refractivity contribution in [2.24, 2.45) is 5.92 Å². The van der Waals surface area contributed by atoms with Crippen molar-refractivity contribution in [1.82, 2.24) is 0 Å². The third-order valence-corrected chi connectivity index (χ3v) is 7.84. The zero-order valence-electron chi connectivity index (χ0n) is 21.9. The van der Waals surface area contributed by atoms with Gasteiger partial charge in [0.25, 0.3) is 5.91 Å². The van der Waals surface area contributed by atoms with Crippen LogP contribution in [0, 0.1) is 11.7 Å². The van der Waals surface area contributed by atoms with Crippen molar-refractivity contribution in [2.75, 3.05) is 17.1 Å². The second-order valence-corrected chi connectivity index (χ2v) is 10.4. The van der Waals surface area contributed by atoms with Crippen molar-refractivity contribution in [2.45, 2.75) is 12.1 Å². The Labute approximate surface area is 249 Å². The first kappa shape index (κ1) is 27.7. The summed E-state index contributed by atoms with van der Waals surface area (Å²) >= 11 is 12.2. The van der Waals surface area contributed by atoms with Crippen LogP contribution < -0.4 is 19.4 Å². The third-order valence-electron chi connectivity index (χ3n) is 7.10. The predicted molar refractivity (Wildman–Crippen MR) is 153 cm³/mol. The number of carbonyl (C=O) groups is 3. The summed E-state index contributed by atoms with van der Waals surface area (Å²) in [5, 5.41) is 2.03. The number of benzene rings is 4. The monoisotopic (exact) mass is 606 g/mol. The van der Waals surface area contributed by atoms with E-state index in [0.717, 1.165) is 17.0 Å². The molecule has 0 N–H and O–H groups in total. The van der Waals surface area contributed by atoms with E-state index >= 15 is 0 Å². The molecule has 0 bridgehead atoms. The number of hydrogen-bond acceptors (Lipinski definition) is 7. The maximum absolute atomic E-state index is 13.9. The molecule has 8 nitrogen and oxygen atoms in total. The molecule has 2 amide bonds. The molecule has 2 fully saturated rings. The van der Waals surface area contributed by atoms with Crippen molar-refractivity contribution in [3.05, 3.63) is 118 Å². The van der Waals surface area contributed by atoms with Crippen LogP contribution in [0.25, 0.3) is 0 Å². The van der Waals surface area contributed by atoms with E-state index in [-0.39, 0.29) is 32.8 Å². The van der Waals surface area contributed by atoms with E-state index in [1.165, 1.54) is 42.5 Å². The number of rotatable bonds is 6. The summed E-state index contributed by atoms with van der Waals surface area (Å²) in [6.07, 6.45) is -1.11. The number of methoxy groups -OCH3 is 1. The van der Waals surface area contributed by atoms with Crippen LogP contribution in [-0.4, -0.2) is 31.0 Å². The Balaban J connectivity index is 1.37. The fourth-order valence-corrected chi connectivity index (χ4v) is 5.42. The SMILES string of the molecule is COc1cc([C@@H]2[C@H]3C(=O)N(c4ccc(Cl)c(Cl)c4)C(=O)[C@H]3ON2c2ccccc2)ccc1OC(=O)c1ccc(F)cc1. The summed E-state index contributed by atoms with van der Waals surface area (Å²) in [6.45, 7) is 0. The van der Waals surface area contributed by atoms with E-state index in [1.807, 2.05) is 18.2 Å². The van der Waals surface area contributed by atoms with Crippen LogP contribution in [-0.2, 0) is 14.4 Å². The number of ether oxygens (including phenoxy) is 2. The minimum Gasteiger partial charge on any atom is -0.493 e. The average molecular weight is 607 g/mol. The third kappa shape index (κ3) is 4.85. The molecule has 4 aromatic carbocycles. The van der Waals surface area contributed by atoms with Gasteiger partial charge in [-0.25, -0.2) is 19.1 Å². The molecule has 4 aromatic rings. The first-order valence-corrected chi connectivity index (χ1v) is 13.5. The maximum atomic E-state index is 13.9. The molecule has 0 radical (unpaired) electrons. The molecule has 6 rings (SSSR count). The fraction of sp³-hybridized carbons (Fsp3) is 0.129. The van der Waals surface area contributed by atoms with Crippen LogP contribution in [0.1, 0.15) is 22.0 Å². The van der Waals surface area contributed by atoms with Crippen molar-refractivity contribution in [3.63, 3.8) is 0 Å². The van der Waals surface area contributed by atoms with Gasteiger partial charge in [-0.2, -0.15) is 0 Å². The van der Waals surface area contributed by atoms with Gasteiger partial charge in [0, 0.05) is 0 Å². The highest BCUT2D eigenvalue weighted by atomic mass is 35.5. The fourth-order valence-electron chi connectivity index (χ4n) is 5.13. The number of amides is 2. The standard InChI is InChI=1S/C31H21Cl2FN2O6/c1-40-25-15-18(9-14-24(25)41-31(39)17-7-10-19(34)11-8-17)27-26-28(42-36(27)20-5-3-2-4-6-20)30(38)35(29(26)37)21-12-13-22(32)23(33)16-21/h2-16,26-28H,1H3/t26-,27-,28+/m1/s1. The van der Waals surface area contributed by atoms with Gasteiger partial charge in [-0.05, 0) is 72.3 Å². The van der Waals surface area contributed by atoms with E-state index in [2.05, 4.69) is 0 Å². The van der Waals surface area contributed by atoms with Crippen LogP contribution in [0.3, 0.4) is 0 Å². The predicted octanol–water partition coefficient (Wildman–Crippen LogP) is 6.41. The zero-order valence-corrected chi connectivity index (χ0v) is 23.4. The molecule has 0 aliphatic carbocycles. The molecule has 0 unspecified atom stereocenters. The number of carbonyl (C=O) groups excluding carboxylic acids is 3. The first-order valence-electron chi connectivity index (χ1n) is 12.8. The second-order valence-electron chi connectivity index (χ2n) is 9.57. The van der Waals surface area contributed by atoms with E-state index in [4.69, 9.17) is 37.5 Å². The Morgan fingerprint density at radius 3 is 2.26 bits per heavy atom. The number of nitrogens with zero attached hydrogens (tertiary/aromatic N) is 2. The summed E-state index contributed by atoms with van der Waals surface area (Å²) in [5.41, 5.74) is 1.64. The van der Waals surface area contributed by atoms with E-state index < -0.39 is 41.7 Å². The van der Waals surface area contributed by atoms with Crippen LogP contribution in [0.15, 0.2) is 91.0 Å². The van der Waals surface area contributed by atoms with E-state index in [1.54, 1.807) is 30.3 Å². The molecule has 3 atom stereocenters. The van der Waals surface area contributed by atoms with Crippen LogP contribution in [0.2, 0.25) is 10.0 Å². The second kappa shape index (κ2) is 11.1. The van der Waals surface area contributed by atoms with Gasteiger partial charge in [-0.1, -0.05) is 47.5 Å². The van der Waals surface area contributed by atoms with Gasteiger partial charge in [0.05, 0.1) is 40.1 Å². The molecule has 0 spiro atoms. The molecular formula is C31H21Cl2FN2O6. The number of para-hydroxylation sites is 1. The Hall–Kier alpha value is -4.44. The lowest BCUT2D eigenvalue weighted by molar-refractivity contribution is -0.126. The quantitative estimate of drug-likeness (QED) is 0.142. The Morgan fingerprint density at radius 2 is 1.57 bits per heavy atom. The van der Waals surface area contributed by atoms with Gasteiger partial charge in [-0.15, -0.1) is 0 Å². The van der Waals surface area contributed by atoms with Crippen LogP contribution in [0.4, 0.5) is 15.8 Å². The minimum atomic E-state index is -1.11. The van der Waals surface area contributed by atoms with E-state index in [0.29, 0.717) is 11.3 Å². The number of halogens is 3. The number of fused-ring (bicyclic) bond motifs is 1. The van der Waals surface area contributed by atoms with Gasteiger partial charge in [0.15, 0.2) is 17.6 Å². The summed E-state index contributed by atoms with van der Waals surface area (Å²) in [7, 11) is 1.41. The molecule has 42 heavy (non-hydrogen) atoms. The normalized spacial score (nSPS) is 19.7. The number of esters is 1. The minimum absolute atomic E-state index is 0.114. The zero-order chi connectivity index (χ0) is 29.5. The van der Waals surface area contributed by atoms with Crippen molar-refractivity contribution in [3.8, 4) is 11.5 Å². The molecule has 212 valence electrons. The summed E-state index contributed by atoms with van der Waals surface area (Å²) in [5.74, 6) is -2.80. The van der Waals surface area contributed by atoms with Crippen molar-refractivity contribution < 1.29 is 33.1 Å². The summed E-state index contributed by atoms with van der Waals surface area (Å²) in [6, 6.07) is 22.6. The van der Waals surface area contributed by atoms with Crippen molar-refractivity contribution >= 4 is 52.4 Å². The van der Waals surface area contributed by atoms with Gasteiger partial charge in [0.1, 0.15) is 11.7 Å². The topological polar surface area (TPSA) is 85.4 Å². The summed E-state index contributed by atoms with van der Waals surface area (Å²) in [4.78, 5) is 47.4. The first-order chi connectivity index (χ1) is 20.3. The Bertz CT molecular complexity index is 1700. The molecule has 2 heterocycles. The molecule has 2 aliphatic heterocycles. The molecule has 11 heteroatoms. The van der Waals surface area contributed by atoms with Crippen LogP contribution >= 0.6 is 23.2 Å². The molecule has 0 aromatic heterocycles. The van der Waals surface area contributed by atoms with Gasteiger partial charge in [-0.3, -0.25) is 14.4 Å². The lowest BCUT2D eigenvalue weighted by Gasteiger charge is -2.29.